The Kier molecular flexibility index (Phi) is 4.84. The zero-order valence-corrected chi connectivity index (χ0v) is 11.1. The fourth-order valence-electron chi connectivity index (χ4n) is 1.66. The van der Waals surface area contributed by atoms with Crippen molar-refractivity contribution in [3.63, 3.8) is 0 Å². The molecule has 1 rings (SSSR count). The Balaban J connectivity index is 2.68. The predicted octanol–water partition coefficient (Wildman–Crippen LogP) is 2.60. The van der Waals surface area contributed by atoms with E-state index in [0.29, 0.717) is 6.54 Å². The number of nitrogens with two attached hydrogens (primary N) is 1. The van der Waals surface area contributed by atoms with Crippen molar-refractivity contribution in [3.8, 4) is 0 Å². The third kappa shape index (κ3) is 4.84. The van der Waals surface area contributed by atoms with Crippen LogP contribution in [0.3, 0.4) is 0 Å². The van der Waals surface area contributed by atoms with Gasteiger partial charge in [-0.15, -0.1) is 0 Å². The van der Waals surface area contributed by atoms with Crippen LogP contribution in [0.1, 0.15) is 38.7 Å². The largest absolute Gasteiger partial charge is 0.460 e. The molecule has 0 saturated carbocycles. The van der Waals surface area contributed by atoms with Crippen LogP contribution in [0.5, 0.6) is 0 Å². The van der Waals surface area contributed by atoms with Gasteiger partial charge in [0, 0.05) is 5.92 Å². The summed E-state index contributed by atoms with van der Waals surface area (Å²) in [5.74, 6) is -0.727. The molecular formula is C14H20FNO2. The highest BCUT2D eigenvalue weighted by Gasteiger charge is 2.20. The van der Waals surface area contributed by atoms with Gasteiger partial charge in [-0.1, -0.05) is 12.1 Å². The van der Waals surface area contributed by atoms with E-state index in [-0.39, 0.29) is 24.1 Å². The van der Waals surface area contributed by atoms with Gasteiger partial charge in [0.2, 0.25) is 0 Å². The van der Waals surface area contributed by atoms with Gasteiger partial charge in [-0.2, -0.15) is 0 Å². The Morgan fingerprint density at radius 1 is 1.33 bits per heavy atom. The minimum absolute atomic E-state index is 0.138. The first-order chi connectivity index (χ1) is 8.31. The van der Waals surface area contributed by atoms with Crippen molar-refractivity contribution >= 4 is 5.97 Å². The second kappa shape index (κ2) is 5.96. The lowest BCUT2D eigenvalue weighted by Crippen LogP contribution is -2.26. The molecule has 0 aliphatic rings. The van der Waals surface area contributed by atoms with Crippen molar-refractivity contribution in [1.82, 2.24) is 0 Å². The average molecular weight is 253 g/mol. The molecule has 0 spiro atoms. The predicted molar refractivity (Wildman–Crippen MR) is 68.7 cm³/mol. The van der Waals surface area contributed by atoms with Gasteiger partial charge in [-0.3, -0.25) is 4.79 Å². The highest BCUT2D eigenvalue weighted by molar-refractivity contribution is 5.71. The van der Waals surface area contributed by atoms with Crippen LogP contribution >= 0.6 is 0 Å². The van der Waals surface area contributed by atoms with Crippen LogP contribution in [0.4, 0.5) is 4.39 Å². The summed E-state index contributed by atoms with van der Waals surface area (Å²) in [4.78, 5) is 11.7. The molecule has 1 aromatic carbocycles. The summed E-state index contributed by atoms with van der Waals surface area (Å²) >= 11 is 0. The van der Waals surface area contributed by atoms with Crippen LogP contribution in [-0.2, 0) is 9.53 Å². The van der Waals surface area contributed by atoms with Gasteiger partial charge in [0.25, 0.3) is 0 Å². The number of hydrogen-bond acceptors (Lipinski definition) is 3. The maximum atomic E-state index is 12.8. The van der Waals surface area contributed by atoms with Gasteiger partial charge in [0.05, 0.1) is 6.42 Å². The molecule has 0 heterocycles. The van der Waals surface area contributed by atoms with Crippen molar-refractivity contribution in [3.05, 3.63) is 35.6 Å². The minimum Gasteiger partial charge on any atom is -0.460 e. The molecule has 0 aliphatic carbocycles. The van der Waals surface area contributed by atoms with Crippen LogP contribution in [-0.4, -0.2) is 18.1 Å². The highest BCUT2D eigenvalue weighted by Crippen LogP contribution is 2.21. The van der Waals surface area contributed by atoms with Crippen LogP contribution in [0.15, 0.2) is 24.3 Å². The maximum absolute atomic E-state index is 12.8. The van der Waals surface area contributed by atoms with Gasteiger partial charge in [0.15, 0.2) is 0 Å². The Labute approximate surface area is 107 Å². The second-order valence-corrected chi connectivity index (χ2v) is 5.27. The number of carbonyl (C=O) groups excluding carboxylic acids is 1. The summed E-state index contributed by atoms with van der Waals surface area (Å²) in [7, 11) is 0. The fraction of sp³-hybridized carbons (Fsp3) is 0.500. The first-order valence-electron chi connectivity index (χ1n) is 5.99. The molecule has 3 nitrogen and oxygen atoms in total. The third-order valence-corrected chi connectivity index (χ3v) is 2.46. The number of ether oxygens (including phenoxy) is 1. The van der Waals surface area contributed by atoms with Crippen molar-refractivity contribution in [2.24, 2.45) is 5.73 Å². The lowest BCUT2D eigenvalue weighted by molar-refractivity contribution is -0.155. The number of carbonyl (C=O) groups is 1. The zero-order valence-electron chi connectivity index (χ0n) is 11.1. The van der Waals surface area contributed by atoms with Gasteiger partial charge < -0.3 is 10.5 Å². The quantitative estimate of drug-likeness (QED) is 0.839. The van der Waals surface area contributed by atoms with E-state index in [9.17, 15) is 9.18 Å². The molecule has 0 fully saturated rings. The van der Waals surface area contributed by atoms with Crippen LogP contribution in [0.25, 0.3) is 0 Å². The van der Waals surface area contributed by atoms with Gasteiger partial charge in [-0.25, -0.2) is 4.39 Å². The summed E-state index contributed by atoms with van der Waals surface area (Å²) in [6.45, 7) is 5.78. The van der Waals surface area contributed by atoms with Crippen molar-refractivity contribution in [1.29, 1.82) is 0 Å². The normalized spacial score (nSPS) is 13.2. The molecule has 0 amide bonds. The van der Waals surface area contributed by atoms with E-state index < -0.39 is 5.60 Å². The maximum Gasteiger partial charge on any atom is 0.306 e. The van der Waals surface area contributed by atoms with E-state index >= 15 is 0 Å². The smallest absolute Gasteiger partial charge is 0.306 e. The summed E-state index contributed by atoms with van der Waals surface area (Å²) in [5, 5.41) is 0. The van der Waals surface area contributed by atoms with Crippen LogP contribution < -0.4 is 5.73 Å². The number of benzene rings is 1. The van der Waals surface area contributed by atoms with Crippen molar-refractivity contribution < 1.29 is 13.9 Å². The zero-order chi connectivity index (χ0) is 13.8. The lowest BCUT2D eigenvalue weighted by Gasteiger charge is -2.22. The second-order valence-electron chi connectivity index (χ2n) is 5.27. The minimum atomic E-state index is -0.501. The Bertz CT molecular complexity index is 395. The van der Waals surface area contributed by atoms with E-state index in [2.05, 4.69) is 0 Å². The Hall–Kier alpha value is -1.42. The Morgan fingerprint density at radius 2 is 1.89 bits per heavy atom. The van der Waals surface area contributed by atoms with Crippen molar-refractivity contribution in [2.45, 2.75) is 38.7 Å². The van der Waals surface area contributed by atoms with E-state index in [1.807, 2.05) is 20.8 Å². The van der Waals surface area contributed by atoms with Crippen molar-refractivity contribution in [2.75, 3.05) is 6.54 Å². The monoisotopic (exact) mass is 253 g/mol. The molecule has 2 N–H and O–H groups in total. The van der Waals surface area contributed by atoms with Crippen LogP contribution in [0.2, 0.25) is 0 Å². The Morgan fingerprint density at radius 3 is 2.33 bits per heavy atom. The average Bonchev–Trinajstić information content (AvgIpc) is 2.25. The van der Waals surface area contributed by atoms with E-state index in [4.69, 9.17) is 10.5 Å². The summed E-state index contributed by atoms with van der Waals surface area (Å²) in [6.07, 6.45) is 0.208. The molecule has 1 atom stereocenters. The summed E-state index contributed by atoms with van der Waals surface area (Å²) in [5.41, 5.74) is 6.00. The first-order valence-corrected chi connectivity index (χ1v) is 5.99. The molecule has 1 aromatic rings. The molecule has 4 heteroatoms. The number of hydrogen-bond donors (Lipinski definition) is 1. The molecule has 0 radical (unpaired) electrons. The molecule has 100 valence electrons. The number of esters is 1. The molecule has 18 heavy (non-hydrogen) atoms. The van der Waals surface area contributed by atoms with E-state index in [0.717, 1.165) is 5.56 Å². The molecular weight excluding hydrogens is 233 g/mol. The van der Waals surface area contributed by atoms with E-state index in [1.165, 1.54) is 12.1 Å². The van der Waals surface area contributed by atoms with E-state index in [1.54, 1.807) is 12.1 Å². The number of halogens is 1. The summed E-state index contributed by atoms with van der Waals surface area (Å²) < 4.78 is 18.1. The molecule has 1 unspecified atom stereocenters. The highest BCUT2D eigenvalue weighted by atomic mass is 19.1. The molecule has 0 aromatic heterocycles. The summed E-state index contributed by atoms with van der Waals surface area (Å²) in [6, 6.07) is 6.04. The first kappa shape index (κ1) is 14.6. The standard InChI is InChI=1S/C14H20FNO2/c1-14(2,3)18-13(17)8-11(9-16)10-4-6-12(15)7-5-10/h4-7,11H,8-9,16H2,1-3H3. The lowest BCUT2D eigenvalue weighted by atomic mass is 9.96. The van der Waals surface area contributed by atoms with Crippen LogP contribution in [0, 0.1) is 5.82 Å². The van der Waals surface area contributed by atoms with Gasteiger partial charge in [0.1, 0.15) is 11.4 Å². The topological polar surface area (TPSA) is 52.3 Å². The molecule has 0 aliphatic heterocycles. The molecule has 0 bridgehead atoms. The number of rotatable bonds is 4. The fourth-order valence-corrected chi connectivity index (χ4v) is 1.66. The SMILES string of the molecule is CC(C)(C)OC(=O)CC(CN)c1ccc(F)cc1. The third-order valence-electron chi connectivity index (χ3n) is 2.46. The van der Waals surface area contributed by atoms with Gasteiger partial charge in [-0.05, 0) is 45.0 Å². The molecule has 0 saturated heterocycles. The van der Waals surface area contributed by atoms with Gasteiger partial charge >= 0.3 is 5.97 Å².